The van der Waals surface area contributed by atoms with E-state index in [1.54, 1.807) is 17.1 Å². The minimum atomic E-state index is -0.551. The molecule has 0 aliphatic heterocycles. The van der Waals surface area contributed by atoms with Crippen LogP contribution in [-0.4, -0.2) is 37.2 Å². The number of carbonyl (C=O) groups is 2. The molecule has 0 atom stereocenters. The van der Waals surface area contributed by atoms with Gasteiger partial charge in [-0.2, -0.15) is 10.6 Å². The number of hydroxylamine groups is 1. The zero-order chi connectivity index (χ0) is 24.3. The van der Waals surface area contributed by atoms with Gasteiger partial charge in [-0.25, -0.2) is 14.8 Å². The van der Waals surface area contributed by atoms with Crippen LogP contribution in [0.3, 0.4) is 0 Å². The van der Waals surface area contributed by atoms with Crippen molar-refractivity contribution in [3.8, 4) is 22.6 Å². The molecule has 0 aliphatic rings. The van der Waals surface area contributed by atoms with Gasteiger partial charge in [0.15, 0.2) is 5.58 Å². The zero-order valence-electron chi connectivity index (χ0n) is 19.5. The van der Waals surface area contributed by atoms with Crippen molar-refractivity contribution in [2.45, 2.75) is 46.2 Å². The number of hydrogen-bond acceptors (Lipinski definition) is 8. The quantitative estimate of drug-likeness (QED) is 0.413. The Balaban J connectivity index is 1.60. The van der Waals surface area contributed by atoms with Crippen LogP contribution in [0.1, 0.15) is 34.1 Å². The summed E-state index contributed by atoms with van der Waals surface area (Å²) in [7, 11) is 0. The number of rotatable bonds is 6. The van der Waals surface area contributed by atoms with Gasteiger partial charge in [0.2, 0.25) is 11.8 Å². The van der Waals surface area contributed by atoms with Crippen molar-refractivity contribution in [2.75, 3.05) is 5.32 Å². The molecule has 176 valence electrons. The number of nitrogens with zero attached hydrogens (tertiary/aromatic N) is 4. The van der Waals surface area contributed by atoms with Crippen molar-refractivity contribution in [3.63, 3.8) is 0 Å². The van der Waals surface area contributed by atoms with E-state index in [-0.39, 0.29) is 12.0 Å². The number of aryl methyl sites for hydroxylation is 1. The number of pyridine rings is 1. The molecular weight excluding hydrogens is 436 g/mol. The van der Waals surface area contributed by atoms with E-state index in [0.717, 1.165) is 22.2 Å². The van der Waals surface area contributed by atoms with E-state index in [4.69, 9.17) is 4.42 Å². The predicted molar refractivity (Wildman–Crippen MR) is 126 cm³/mol. The standard InChI is InChI=1S/C24H26N6O4/c1-15(31)29-34-21(32)9-10-30-14-17(13-26-30)16-11-18(22(25-12-16)28-24(2,3)4)23-27-19-7-5-6-8-20(19)33-23/h5-8,11-14H,9-10H2,1-4H3,(H,25,28)(H,29,31). The highest BCUT2D eigenvalue weighted by Gasteiger charge is 2.19. The predicted octanol–water partition coefficient (Wildman–Crippen LogP) is 3.95. The van der Waals surface area contributed by atoms with E-state index in [1.807, 2.05) is 42.0 Å². The van der Waals surface area contributed by atoms with E-state index in [0.29, 0.717) is 23.8 Å². The Kier molecular flexibility index (Phi) is 6.31. The van der Waals surface area contributed by atoms with Crippen LogP contribution in [0.4, 0.5) is 5.82 Å². The summed E-state index contributed by atoms with van der Waals surface area (Å²) in [6, 6.07) is 9.55. The lowest BCUT2D eigenvalue weighted by Crippen LogP contribution is -2.27. The third-order valence-corrected chi connectivity index (χ3v) is 4.73. The Hall–Kier alpha value is -4.21. The summed E-state index contributed by atoms with van der Waals surface area (Å²) in [5, 5.41) is 7.73. The molecule has 4 rings (SSSR count). The van der Waals surface area contributed by atoms with Crippen molar-refractivity contribution in [1.29, 1.82) is 0 Å². The maximum atomic E-state index is 11.7. The second-order valence-corrected chi connectivity index (χ2v) is 8.86. The Morgan fingerprint density at radius 2 is 1.94 bits per heavy atom. The molecule has 1 aromatic carbocycles. The summed E-state index contributed by atoms with van der Waals surface area (Å²) in [4.78, 5) is 36.5. The van der Waals surface area contributed by atoms with Crippen LogP contribution < -0.4 is 10.8 Å². The number of benzene rings is 1. The molecule has 10 nitrogen and oxygen atoms in total. The first-order valence-corrected chi connectivity index (χ1v) is 10.8. The number of para-hydroxylation sites is 2. The highest BCUT2D eigenvalue weighted by Crippen LogP contribution is 2.33. The van der Waals surface area contributed by atoms with Gasteiger partial charge in [0, 0.05) is 36.0 Å². The topological polar surface area (TPSA) is 124 Å². The van der Waals surface area contributed by atoms with E-state index in [9.17, 15) is 9.59 Å². The molecule has 0 bridgehead atoms. The summed E-state index contributed by atoms with van der Waals surface area (Å²) in [6.07, 6.45) is 5.33. The first-order valence-electron chi connectivity index (χ1n) is 10.8. The normalized spacial score (nSPS) is 11.4. The van der Waals surface area contributed by atoms with E-state index in [1.165, 1.54) is 6.92 Å². The summed E-state index contributed by atoms with van der Waals surface area (Å²) >= 11 is 0. The Morgan fingerprint density at radius 1 is 1.15 bits per heavy atom. The van der Waals surface area contributed by atoms with Gasteiger partial charge in [-0.3, -0.25) is 9.48 Å². The van der Waals surface area contributed by atoms with Gasteiger partial charge in [-0.05, 0) is 39.0 Å². The lowest BCUT2D eigenvalue weighted by Gasteiger charge is -2.22. The second-order valence-electron chi connectivity index (χ2n) is 8.86. The molecular formula is C24H26N6O4. The first kappa shape index (κ1) is 23.0. The van der Waals surface area contributed by atoms with Gasteiger partial charge < -0.3 is 14.6 Å². The van der Waals surface area contributed by atoms with Crippen LogP contribution >= 0.6 is 0 Å². The average Bonchev–Trinajstić information content (AvgIpc) is 3.42. The fraction of sp³-hybridized carbons (Fsp3) is 0.292. The summed E-state index contributed by atoms with van der Waals surface area (Å²) in [5.41, 5.74) is 5.64. The van der Waals surface area contributed by atoms with Crippen LogP contribution in [0.5, 0.6) is 0 Å². The summed E-state index contributed by atoms with van der Waals surface area (Å²) < 4.78 is 7.65. The average molecular weight is 463 g/mol. The highest BCUT2D eigenvalue weighted by atomic mass is 16.7. The van der Waals surface area contributed by atoms with Crippen LogP contribution in [0.2, 0.25) is 0 Å². The lowest BCUT2D eigenvalue weighted by molar-refractivity contribution is -0.157. The Morgan fingerprint density at radius 3 is 2.68 bits per heavy atom. The number of hydrogen-bond donors (Lipinski definition) is 2. The maximum Gasteiger partial charge on any atom is 0.334 e. The number of amides is 1. The fourth-order valence-electron chi connectivity index (χ4n) is 3.25. The van der Waals surface area contributed by atoms with Crippen LogP contribution in [0, 0.1) is 0 Å². The maximum absolute atomic E-state index is 11.7. The Labute approximate surface area is 196 Å². The summed E-state index contributed by atoms with van der Waals surface area (Å²) in [6.45, 7) is 7.73. The molecule has 0 saturated heterocycles. The molecule has 34 heavy (non-hydrogen) atoms. The second kappa shape index (κ2) is 9.34. The molecule has 0 aliphatic carbocycles. The highest BCUT2D eigenvalue weighted by molar-refractivity contribution is 5.81. The molecule has 0 fully saturated rings. The van der Waals surface area contributed by atoms with Crippen LogP contribution in [-0.2, 0) is 21.0 Å². The molecule has 0 radical (unpaired) electrons. The molecule has 0 spiro atoms. The van der Waals surface area contributed by atoms with E-state index >= 15 is 0 Å². The number of nitrogens with one attached hydrogen (secondary N) is 2. The fourth-order valence-corrected chi connectivity index (χ4v) is 3.25. The number of fused-ring (bicyclic) bond motifs is 1. The van der Waals surface area contributed by atoms with Gasteiger partial charge >= 0.3 is 5.97 Å². The zero-order valence-corrected chi connectivity index (χ0v) is 19.5. The van der Waals surface area contributed by atoms with E-state index < -0.39 is 11.9 Å². The monoisotopic (exact) mass is 462 g/mol. The molecule has 0 saturated carbocycles. The Bertz CT molecular complexity index is 1300. The van der Waals surface area contributed by atoms with Crippen LogP contribution in [0.25, 0.3) is 33.7 Å². The number of carbonyl (C=O) groups excluding carboxylic acids is 2. The number of oxazole rings is 1. The van der Waals surface area contributed by atoms with Crippen molar-refractivity contribution in [1.82, 2.24) is 25.2 Å². The summed E-state index contributed by atoms with van der Waals surface area (Å²) in [5.74, 6) is 0.137. The minimum Gasteiger partial charge on any atom is -0.436 e. The first-order chi connectivity index (χ1) is 16.2. The third kappa shape index (κ3) is 5.58. The van der Waals surface area contributed by atoms with Crippen molar-refractivity contribution < 1.29 is 18.8 Å². The SMILES string of the molecule is CC(=O)NOC(=O)CCn1cc(-c2cnc(NC(C)(C)C)c(-c3nc4ccccc4o3)c2)cn1. The molecule has 3 heterocycles. The van der Waals surface area contributed by atoms with Crippen molar-refractivity contribution >= 4 is 28.8 Å². The van der Waals surface area contributed by atoms with Crippen molar-refractivity contribution in [2.24, 2.45) is 0 Å². The smallest absolute Gasteiger partial charge is 0.334 e. The van der Waals surface area contributed by atoms with Crippen molar-refractivity contribution in [3.05, 3.63) is 48.9 Å². The van der Waals surface area contributed by atoms with Crippen LogP contribution in [0.15, 0.2) is 53.3 Å². The molecule has 3 aromatic heterocycles. The number of aromatic nitrogens is 4. The molecule has 2 N–H and O–H groups in total. The third-order valence-electron chi connectivity index (χ3n) is 4.73. The van der Waals surface area contributed by atoms with Gasteiger partial charge in [-0.1, -0.05) is 12.1 Å². The molecule has 4 aromatic rings. The van der Waals surface area contributed by atoms with Gasteiger partial charge in [0.05, 0.1) is 24.7 Å². The van der Waals surface area contributed by atoms with E-state index in [2.05, 4.69) is 46.0 Å². The molecule has 1 amide bonds. The van der Waals surface area contributed by atoms with Gasteiger partial charge in [-0.15, -0.1) is 0 Å². The molecule has 0 unspecified atom stereocenters. The lowest BCUT2D eigenvalue weighted by atomic mass is 10.1. The number of anilines is 1. The minimum absolute atomic E-state index is 0.0578. The van der Waals surface area contributed by atoms with Gasteiger partial charge in [0.1, 0.15) is 11.3 Å². The van der Waals surface area contributed by atoms with Gasteiger partial charge in [0.25, 0.3) is 0 Å². The molecule has 10 heteroatoms. The largest absolute Gasteiger partial charge is 0.436 e.